The number of phenols is 1. The molecular formula is C14H14N2O2. The number of phenolic OH excluding ortho intramolecular Hbond substituents is 1. The number of benzene rings is 1. The third kappa shape index (κ3) is 2.32. The van der Waals surface area contributed by atoms with E-state index < -0.39 is 0 Å². The lowest BCUT2D eigenvalue weighted by atomic mass is 10.1. The Morgan fingerprint density at radius 2 is 1.89 bits per heavy atom. The number of carbonyl (C=O) groups is 1. The van der Waals surface area contributed by atoms with Crippen LogP contribution >= 0.6 is 0 Å². The molecule has 0 radical (unpaired) electrons. The van der Waals surface area contributed by atoms with Gasteiger partial charge in [-0.15, -0.1) is 0 Å². The standard InChI is InChI=1S/C14H14N2O2/c1-10-9-12(17)3-4-13(10)14(18)16(2)11-5-7-15-8-6-11/h3-9,17H,1-2H3. The molecule has 2 rings (SSSR count). The van der Waals surface area contributed by atoms with Gasteiger partial charge >= 0.3 is 0 Å². The van der Waals surface area contributed by atoms with Crippen molar-refractivity contribution < 1.29 is 9.90 Å². The van der Waals surface area contributed by atoms with Gasteiger partial charge in [0.05, 0.1) is 0 Å². The van der Waals surface area contributed by atoms with E-state index in [0.717, 1.165) is 11.3 Å². The first-order valence-corrected chi connectivity index (χ1v) is 5.57. The maximum Gasteiger partial charge on any atom is 0.258 e. The molecule has 0 aliphatic rings. The van der Waals surface area contributed by atoms with Crippen molar-refractivity contribution in [2.75, 3.05) is 11.9 Å². The molecule has 1 aromatic heterocycles. The second-order valence-electron chi connectivity index (χ2n) is 4.07. The van der Waals surface area contributed by atoms with Gasteiger partial charge in [0.2, 0.25) is 0 Å². The van der Waals surface area contributed by atoms with Gasteiger partial charge in [0, 0.05) is 30.7 Å². The molecule has 0 unspecified atom stereocenters. The number of pyridine rings is 1. The molecule has 0 bridgehead atoms. The summed E-state index contributed by atoms with van der Waals surface area (Å²) in [5.74, 6) is 0.0503. The monoisotopic (exact) mass is 242 g/mol. The summed E-state index contributed by atoms with van der Waals surface area (Å²) in [5, 5.41) is 9.34. The van der Waals surface area contributed by atoms with Crippen LogP contribution < -0.4 is 4.90 Å². The zero-order valence-corrected chi connectivity index (χ0v) is 10.3. The van der Waals surface area contributed by atoms with Crippen LogP contribution in [0.4, 0.5) is 5.69 Å². The Hall–Kier alpha value is -2.36. The quantitative estimate of drug-likeness (QED) is 0.879. The van der Waals surface area contributed by atoms with E-state index in [1.165, 1.54) is 6.07 Å². The van der Waals surface area contributed by atoms with Crippen molar-refractivity contribution in [3.05, 3.63) is 53.9 Å². The van der Waals surface area contributed by atoms with Gasteiger partial charge in [0.1, 0.15) is 5.75 Å². The van der Waals surface area contributed by atoms with E-state index in [4.69, 9.17) is 0 Å². The van der Waals surface area contributed by atoms with E-state index in [1.807, 2.05) is 0 Å². The fourth-order valence-corrected chi connectivity index (χ4v) is 1.75. The van der Waals surface area contributed by atoms with Crippen molar-refractivity contribution in [3.63, 3.8) is 0 Å². The van der Waals surface area contributed by atoms with E-state index >= 15 is 0 Å². The van der Waals surface area contributed by atoms with Gasteiger partial charge in [-0.05, 0) is 42.8 Å². The van der Waals surface area contributed by atoms with Crippen LogP contribution in [0, 0.1) is 6.92 Å². The summed E-state index contributed by atoms with van der Waals surface area (Å²) in [6.07, 6.45) is 3.28. The molecule has 2 aromatic rings. The maximum atomic E-state index is 12.3. The van der Waals surface area contributed by atoms with Crippen molar-refractivity contribution in [1.82, 2.24) is 4.98 Å². The Bertz CT molecular complexity index is 567. The number of aryl methyl sites for hydroxylation is 1. The second-order valence-corrected chi connectivity index (χ2v) is 4.07. The fourth-order valence-electron chi connectivity index (χ4n) is 1.75. The van der Waals surface area contributed by atoms with Crippen molar-refractivity contribution in [2.24, 2.45) is 0 Å². The zero-order valence-electron chi connectivity index (χ0n) is 10.3. The fraction of sp³-hybridized carbons (Fsp3) is 0.143. The lowest BCUT2D eigenvalue weighted by molar-refractivity contribution is 0.0992. The number of nitrogens with zero attached hydrogens (tertiary/aromatic N) is 2. The van der Waals surface area contributed by atoms with Crippen molar-refractivity contribution in [2.45, 2.75) is 6.92 Å². The molecule has 92 valence electrons. The number of hydrogen-bond acceptors (Lipinski definition) is 3. The Labute approximate surface area is 106 Å². The smallest absolute Gasteiger partial charge is 0.258 e. The lowest BCUT2D eigenvalue weighted by Crippen LogP contribution is -2.26. The van der Waals surface area contributed by atoms with E-state index in [2.05, 4.69) is 4.98 Å². The summed E-state index contributed by atoms with van der Waals surface area (Å²) in [5.41, 5.74) is 2.11. The summed E-state index contributed by atoms with van der Waals surface area (Å²) >= 11 is 0. The van der Waals surface area contributed by atoms with Crippen molar-refractivity contribution >= 4 is 11.6 Å². The number of aromatic hydroxyl groups is 1. The van der Waals surface area contributed by atoms with Crippen LogP contribution in [0.2, 0.25) is 0 Å². The Morgan fingerprint density at radius 1 is 1.22 bits per heavy atom. The number of anilines is 1. The van der Waals surface area contributed by atoms with Crippen LogP contribution in [0.15, 0.2) is 42.7 Å². The summed E-state index contributed by atoms with van der Waals surface area (Å²) in [6.45, 7) is 1.80. The first-order chi connectivity index (χ1) is 8.59. The zero-order chi connectivity index (χ0) is 13.1. The highest BCUT2D eigenvalue weighted by atomic mass is 16.3. The van der Waals surface area contributed by atoms with Crippen LogP contribution in [0.3, 0.4) is 0 Å². The number of aromatic nitrogens is 1. The van der Waals surface area contributed by atoms with Crippen LogP contribution in [0.25, 0.3) is 0 Å². The van der Waals surface area contributed by atoms with Gasteiger partial charge in [-0.3, -0.25) is 9.78 Å². The topological polar surface area (TPSA) is 53.4 Å². The largest absolute Gasteiger partial charge is 0.508 e. The van der Waals surface area contributed by atoms with Crippen molar-refractivity contribution in [1.29, 1.82) is 0 Å². The highest BCUT2D eigenvalue weighted by molar-refractivity contribution is 6.06. The van der Waals surface area contributed by atoms with Crippen LogP contribution in [-0.2, 0) is 0 Å². The average Bonchev–Trinajstić information content (AvgIpc) is 2.38. The lowest BCUT2D eigenvalue weighted by Gasteiger charge is -2.18. The minimum Gasteiger partial charge on any atom is -0.508 e. The third-order valence-electron chi connectivity index (χ3n) is 2.80. The number of rotatable bonds is 2. The minimum atomic E-state index is -0.112. The molecule has 0 aliphatic carbocycles. The minimum absolute atomic E-state index is 0.112. The normalized spacial score (nSPS) is 10.1. The summed E-state index contributed by atoms with van der Waals surface area (Å²) in [7, 11) is 1.71. The van der Waals surface area contributed by atoms with Gasteiger partial charge in [-0.1, -0.05) is 0 Å². The van der Waals surface area contributed by atoms with Gasteiger partial charge in [0.25, 0.3) is 5.91 Å². The summed E-state index contributed by atoms with van der Waals surface area (Å²) in [6, 6.07) is 8.26. The Balaban J connectivity index is 2.32. The summed E-state index contributed by atoms with van der Waals surface area (Å²) < 4.78 is 0. The van der Waals surface area contributed by atoms with Gasteiger partial charge < -0.3 is 10.0 Å². The molecule has 0 saturated heterocycles. The molecule has 0 atom stereocenters. The van der Waals surface area contributed by atoms with E-state index in [-0.39, 0.29) is 11.7 Å². The highest BCUT2D eigenvalue weighted by Crippen LogP contribution is 2.19. The predicted molar refractivity (Wildman–Crippen MR) is 69.8 cm³/mol. The molecule has 1 heterocycles. The molecule has 0 aliphatic heterocycles. The number of carbonyl (C=O) groups excluding carboxylic acids is 1. The molecule has 1 N–H and O–H groups in total. The highest BCUT2D eigenvalue weighted by Gasteiger charge is 2.15. The van der Waals surface area contributed by atoms with Crippen LogP contribution in [-0.4, -0.2) is 23.0 Å². The molecule has 4 heteroatoms. The number of hydrogen-bond donors (Lipinski definition) is 1. The van der Waals surface area contributed by atoms with Crippen molar-refractivity contribution in [3.8, 4) is 5.75 Å². The predicted octanol–water partition coefficient (Wildman–Crippen LogP) is 2.37. The average molecular weight is 242 g/mol. The maximum absolute atomic E-state index is 12.3. The third-order valence-corrected chi connectivity index (χ3v) is 2.80. The molecule has 18 heavy (non-hydrogen) atoms. The first-order valence-electron chi connectivity index (χ1n) is 5.57. The molecule has 0 spiro atoms. The van der Waals surface area contributed by atoms with E-state index in [0.29, 0.717) is 5.56 Å². The molecule has 1 amide bonds. The molecular weight excluding hydrogens is 228 g/mol. The molecule has 0 fully saturated rings. The number of amides is 1. The van der Waals surface area contributed by atoms with E-state index in [9.17, 15) is 9.90 Å². The molecule has 0 saturated carbocycles. The van der Waals surface area contributed by atoms with Crippen LogP contribution in [0.5, 0.6) is 5.75 Å². The first kappa shape index (κ1) is 12.1. The second kappa shape index (κ2) is 4.87. The van der Waals surface area contributed by atoms with Gasteiger partial charge in [0.15, 0.2) is 0 Å². The van der Waals surface area contributed by atoms with E-state index in [1.54, 1.807) is 55.5 Å². The summed E-state index contributed by atoms with van der Waals surface area (Å²) in [4.78, 5) is 17.8. The SMILES string of the molecule is Cc1cc(O)ccc1C(=O)N(C)c1ccncc1. The van der Waals surface area contributed by atoms with Crippen LogP contribution in [0.1, 0.15) is 15.9 Å². The Kier molecular flexibility index (Phi) is 3.28. The van der Waals surface area contributed by atoms with Gasteiger partial charge in [-0.25, -0.2) is 0 Å². The molecule has 4 nitrogen and oxygen atoms in total. The van der Waals surface area contributed by atoms with Gasteiger partial charge in [-0.2, -0.15) is 0 Å². The Morgan fingerprint density at radius 3 is 2.50 bits per heavy atom. The molecule has 1 aromatic carbocycles.